The molecule has 23 heavy (non-hydrogen) atoms. The van der Waals surface area contributed by atoms with Gasteiger partial charge in [0.15, 0.2) is 0 Å². The number of para-hydroxylation sites is 1. The van der Waals surface area contributed by atoms with Crippen LogP contribution in [0.1, 0.15) is 0 Å². The third-order valence-corrected chi connectivity index (χ3v) is 3.48. The summed E-state index contributed by atoms with van der Waals surface area (Å²) in [5, 5.41) is 2.85. The molecule has 0 amide bonds. The van der Waals surface area contributed by atoms with Crippen molar-refractivity contribution in [2.45, 2.75) is 0 Å². The quantitative estimate of drug-likeness (QED) is 0.514. The number of hydrogen-bond donors (Lipinski definition) is 1. The third kappa shape index (κ3) is 3.81. The molecule has 0 saturated carbocycles. The molecule has 0 aromatic heterocycles. The predicted molar refractivity (Wildman–Crippen MR) is 88.8 cm³/mol. The monoisotopic (exact) mass is 332 g/mol. The Balaban J connectivity index is 2.45. The van der Waals surface area contributed by atoms with Crippen LogP contribution in [0.4, 0.5) is 5.69 Å². The van der Waals surface area contributed by atoms with Gasteiger partial charge in [0.1, 0.15) is 11.3 Å². The van der Waals surface area contributed by atoms with E-state index < -0.39 is 28.2 Å². The highest BCUT2D eigenvalue weighted by Crippen LogP contribution is 2.23. The fourth-order valence-electron chi connectivity index (χ4n) is 1.96. The van der Waals surface area contributed by atoms with Crippen LogP contribution >= 0.6 is 0 Å². The van der Waals surface area contributed by atoms with E-state index in [0.29, 0.717) is 5.69 Å². The molecule has 0 saturated heterocycles. The number of ketones is 2. The zero-order valence-electron chi connectivity index (χ0n) is 13.0. The summed E-state index contributed by atoms with van der Waals surface area (Å²) in [5.74, 6) is -1.97. The molecule has 1 N–H and O–H groups in total. The Kier molecular flexibility index (Phi) is 5.23. The normalized spacial score (nSPS) is 14.7. The van der Waals surface area contributed by atoms with Gasteiger partial charge in [-0.3, -0.25) is 9.59 Å². The number of anilines is 1. The molecule has 0 heterocycles. The molecule has 7 heteroatoms. The number of carbonyl (C=O) groups is 3. The number of Topliss-reactive ketones (excluding diaryl/α,β-unsaturated/α-hetero) is 1. The second kappa shape index (κ2) is 7.15. The molecule has 120 valence electrons. The zero-order chi connectivity index (χ0) is 17.0. The molecule has 0 fully saturated rings. The van der Waals surface area contributed by atoms with E-state index >= 15 is 0 Å². The highest BCUT2D eigenvalue weighted by molar-refractivity contribution is 7.85. The number of methoxy groups -OCH3 is 1. The van der Waals surface area contributed by atoms with E-state index in [1.807, 2.05) is 6.07 Å². The van der Waals surface area contributed by atoms with Crippen molar-refractivity contribution in [3.8, 4) is 0 Å². The van der Waals surface area contributed by atoms with E-state index in [2.05, 4.69) is 14.4 Å². The molecule has 1 aromatic carbocycles. The molecule has 0 atom stereocenters. The summed E-state index contributed by atoms with van der Waals surface area (Å²) in [7, 11) is 0.657. The van der Waals surface area contributed by atoms with Crippen molar-refractivity contribution in [2.75, 3.05) is 24.9 Å². The number of nitrogens with one attached hydrogen (secondary N) is 1. The van der Waals surface area contributed by atoms with Crippen molar-refractivity contribution in [2.24, 2.45) is 4.36 Å². The summed E-state index contributed by atoms with van der Waals surface area (Å²) in [6.45, 7) is 0. The van der Waals surface area contributed by atoms with E-state index in [0.717, 1.165) is 13.2 Å². The number of rotatable bonds is 4. The van der Waals surface area contributed by atoms with E-state index in [4.69, 9.17) is 0 Å². The lowest BCUT2D eigenvalue weighted by atomic mass is 9.97. The summed E-state index contributed by atoms with van der Waals surface area (Å²) in [5.41, 5.74) is 0.177. The van der Waals surface area contributed by atoms with Gasteiger partial charge in [-0.25, -0.2) is 9.16 Å². The van der Waals surface area contributed by atoms with Crippen LogP contribution in [0.15, 0.2) is 57.7 Å². The average Bonchev–Trinajstić information content (AvgIpc) is 2.52. The van der Waals surface area contributed by atoms with Gasteiger partial charge in [-0.1, -0.05) is 18.2 Å². The molecule has 0 aliphatic heterocycles. The largest absolute Gasteiger partial charge is 0.465 e. The number of allylic oxidation sites excluding steroid dienone is 2. The Morgan fingerprint density at radius 2 is 1.83 bits per heavy atom. The van der Waals surface area contributed by atoms with Crippen LogP contribution < -0.4 is 5.32 Å². The fourth-order valence-corrected chi connectivity index (χ4v) is 2.51. The molecule has 1 aromatic rings. The molecule has 1 aliphatic rings. The van der Waals surface area contributed by atoms with Gasteiger partial charge in [0.25, 0.3) is 0 Å². The molecule has 0 unspecified atom stereocenters. The van der Waals surface area contributed by atoms with E-state index in [9.17, 15) is 14.4 Å². The van der Waals surface area contributed by atoms with Crippen molar-refractivity contribution < 1.29 is 19.1 Å². The van der Waals surface area contributed by atoms with Crippen molar-refractivity contribution in [1.82, 2.24) is 0 Å². The van der Waals surface area contributed by atoms with Gasteiger partial charge in [0, 0.05) is 11.8 Å². The number of benzene rings is 1. The fraction of sp³-hybridized carbons (Fsp3) is 0.188. The second-order valence-corrected chi connectivity index (χ2v) is 6.55. The van der Waals surface area contributed by atoms with Gasteiger partial charge in [-0.15, -0.1) is 10.7 Å². The molecular weight excluding hydrogens is 316 g/mol. The minimum Gasteiger partial charge on any atom is -0.465 e. The first kappa shape index (κ1) is 16.8. The lowest BCUT2D eigenvalue weighted by Gasteiger charge is -2.17. The van der Waals surface area contributed by atoms with Crippen molar-refractivity contribution in [3.63, 3.8) is 0 Å². The summed E-state index contributed by atoms with van der Waals surface area (Å²) in [6, 6.07) is 8.89. The van der Waals surface area contributed by atoms with Crippen LogP contribution in [-0.2, 0) is 29.8 Å². The first-order valence-electron chi connectivity index (χ1n) is 6.69. The van der Waals surface area contributed by atoms with E-state index in [1.165, 1.54) is 0 Å². The number of carbonyl (C=O) groups excluding carboxylic acids is 3. The van der Waals surface area contributed by atoms with Crippen LogP contribution in [0.3, 0.4) is 0 Å². The van der Waals surface area contributed by atoms with Crippen LogP contribution in [0, 0.1) is 0 Å². The van der Waals surface area contributed by atoms with Gasteiger partial charge in [-0.05, 0) is 24.6 Å². The number of hydrogen-bond acceptors (Lipinski definition) is 6. The van der Waals surface area contributed by atoms with Crippen LogP contribution in [0.25, 0.3) is 0 Å². The SMILES string of the molecule is COC(=O)C1=C(N=S(C)C)C(=O)C=C(Nc2ccccc2)C1=O. The van der Waals surface area contributed by atoms with Crippen molar-refractivity contribution in [1.29, 1.82) is 0 Å². The van der Waals surface area contributed by atoms with Crippen LogP contribution in [0.5, 0.6) is 0 Å². The summed E-state index contributed by atoms with van der Waals surface area (Å²) in [4.78, 5) is 36.8. The van der Waals surface area contributed by atoms with Crippen molar-refractivity contribution in [3.05, 3.63) is 53.4 Å². The average molecular weight is 332 g/mol. The van der Waals surface area contributed by atoms with E-state index in [-0.39, 0.29) is 17.0 Å². The molecule has 1 aliphatic carbocycles. The molecule has 0 bridgehead atoms. The summed E-state index contributed by atoms with van der Waals surface area (Å²) in [6.07, 6.45) is 4.72. The lowest BCUT2D eigenvalue weighted by Crippen LogP contribution is -2.28. The van der Waals surface area contributed by atoms with Crippen molar-refractivity contribution >= 4 is 33.9 Å². The summed E-state index contributed by atoms with van der Waals surface area (Å²) >= 11 is 0. The van der Waals surface area contributed by atoms with Gasteiger partial charge in [-0.2, -0.15) is 0 Å². The van der Waals surface area contributed by atoms with Gasteiger partial charge < -0.3 is 10.1 Å². The zero-order valence-corrected chi connectivity index (χ0v) is 13.8. The van der Waals surface area contributed by atoms with Gasteiger partial charge >= 0.3 is 5.97 Å². The maximum absolute atomic E-state index is 12.6. The second-order valence-electron chi connectivity index (χ2n) is 4.82. The molecule has 0 radical (unpaired) electrons. The molecule has 6 nitrogen and oxygen atoms in total. The topological polar surface area (TPSA) is 84.8 Å². The number of nitrogens with zero attached hydrogens (tertiary/aromatic N) is 1. The number of ether oxygens (including phenoxy) is 1. The highest BCUT2D eigenvalue weighted by atomic mass is 32.2. The van der Waals surface area contributed by atoms with E-state index in [1.54, 1.807) is 36.8 Å². The lowest BCUT2D eigenvalue weighted by molar-refractivity contribution is -0.138. The number of esters is 1. The van der Waals surface area contributed by atoms with Gasteiger partial charge in [0.05, 0.1) is 12.8 Å². The minimum atomic E-state index is -0.868. The first-order valence-corrected chi connectivity index (χ1v) is 8.68. The van der Waals surface area contributed by atoms with Gasteiger partial charge in [0.2, 0.25) is 11.6 Å². The molecular formula is C16H16N2O4S. The smallest absolute Gasteiger partial charge is 0.344 e. The maximum atomic E-state index is 12.6. The Morgan fingerprint density at radius 3 is 2.39 bits per heavy atom. The predicted octanol–water partition coefficient (Wildman–Crippen LogP) is 1.62. The van der Waals surface area contributed by atoms with Crippen LogP contribution in [-0.4, -0.2) is 37.2 Å². The third-order valence-electron chi connectivity index (χ3n) is 2.93. The maximum Gasteiger partial charge on any atom is 0.344 e. The Labute approximate surface area is 136 Å². The Bertz CT molecular complexity index is 760. The Hall–Kier alpha value is -2.54. The summed E-state index contributed by atoms with van der Waals surface area (Å²) < 4.78 is 8.76. The Morgan fingerprint density at radius 1 is 1.17 bits per heavy atom. The first-order chi connectivity index (χ1) is 10.9. The minimum absolute atomic E-state index is 0.0210. The van der Waals surface area contributed by atoms with Crippen LogP contribution in [0.2, 0.25) is 0 Å². The molecule has 0 spiro atoms. The standard InChI is InChI=1S/C16H16N2O4S/c1-22-16(21)13-14(18-23(2)3)12(19)9-11(15(13)20)17-10-7-5-4-6-8-10/h4-9,17H,1-3H3. The highest BCUT2D eigenvalue weighted by Gasteiger charge is 2.34. The molecule has 2 rings (SSSR count).